The van der Waals surface area contributed by atoms with Crippen molar-refractivity contribution in [1.29, 1.82) is 0 Å². The fourth-order valence-electron chi connectivity index (χ4n) is 0.689. The van der Waals surface area contributed by atoms with Crippen LogP contribution in [0.3, 0.4) is 0 Å². The molecule has 78 valence electrons. The van der Waals surface area contributed by atoms with Crippen molar-refractivity contribution < 1.29 is 22.0 Å². The van der Waals surface area contributed by atoms with Crippen LogP contribution in [0.5, 0.6) is 0 Å². The fraction of sp³-hybridized carbons (Fsp3) is 0. The molecule has 0 radical (unpaired) electrons. The molecule has 0 heterocycles. The SMILES string of the molecule is Fc1c(F)c(F)c(SSCl)c(F)c1F. The lowest BCUT2D eigenvalue weighted by atomic mass is 10.3. The van der Waals surface area contributed by atoms with Crippen LogP contribution in [-0.2, 0) is 0 Å². The molecular weight excluding hydrogens is 267 g/mol. The highest BCUT2D eigenvalue weighted by atomic mass is 35.7. The Balaban J connectivity index is 3.43. The Hall–Kier alpha value is -0.140. The van der Waals surface area contributed by atoms with Gasteiger partial charge in [0, 0.05) is 10.0 Å². The molecule has 8 heteroatoms. The van der Waals surface area contributed by atoms with E-state index in [1.807, 2.05) is 0 Å². The molecule has 0 aliphatic rings. The molecule has 14 heavy (non-hydrogen) atoms. The molecule has 1 aromatic carbocycles. The molecule has 0 saturated carbocycles. The summed E-state index contributed by atoms with van der Waals surface area (Å²) in [7, 11) is 5.64. The van der Waals surface area contributed by atoms with Crippen LogP contribution in [0.4, 0.5) is 22.0 Å². The Morgan fingerprint density at radius 3 is 1.43 bits per heavy atom. The van der Waals surface area contributed by atoms with E-state index in [-0.39, 0.29) is 10.8 Å². The molecule has 0 atom stereocenters. The summed E-state index contributed by atoms with van der Waals surface area (Å²) in [5, 5.41) is 0. The minimum absolute atomic E-state index is 0.251. The van der Waals surface area contributed by atoms with Gasteiger partial charge in [0.15, 0.2) is 23.3 Å². The number of halogens is 6. The van der Waals surface area contributed by atoms with Crippen LogP contribution in [0.1, 0.15) is 0 Å². The molecule has 0 aliphatic heterocycles. The summed E-state index contributed by atoms with van der Waals surface area (Å²) >= 11 is 0. The number of benzene rings is 1. The van der Waals surface area contributed by atoms with E-state index in [9.17, 15) is 22.0 Å². The summed E-state index contributed by atoms with van der Waals surface area (Å²) in [6, 6.07) is 0. The van der Waals surface area contributed by atoms with Gasteiger partial charge in [-0.15, -0.1) is 0 Å². The first-order chi connectivity index (χ1) is 6.50. The number of rotatable bonds is 2. The van der Waals surface area contributed by atoms with Gasteiger partial charge in [0.2, 0.25) is 5.82 Å². The Labute approximate surface area is 87.7 Å². The monoisotopic (exact) mass is 266 g/mol. The van der Waals surface area contributed by atoms with Crippen LogP contribution in [0.2, 0.25) is 0 Å². The minimum atomic E-state index is -2.18. The first-order valence-corrected chi connectivity index (χ1v) is 5.95. The molecule has 1 aromatic rings. The van der Waals surface area contributed by atoms with Crippen LogP contribution in [0.15, 0.2) is 4.90 Å². The van der Waals surface area contributed by atoms with Crippen molar-refractivity contribution in [2.24, 2.45) is 0 Å². The van der Waals surface area contributed by atoms with Crippen LogP contribution < -0.4 is 0 Å². The Kier molecular flexibility index (Phi) is 3.91. The minimum Gasteiger partial charge on any atom is -0.202 e. The summed E-state index contributed by atoms with van der Waals surface area (Å²) in [6.45, 7) is 0. The summed E-state index contributed by atoms with van der Waals surface area (Å²) in [4.78, 5) is -0.999. The van der Waals surface area contributed by atoms with Crippen LogP contribution >= 0.6 is 31.5 Å². The molecule has 0 nitrogen and oxygen atoms in total. The van der Waals surface area contributed by atoms with Crippen LogP contribution in [0.25, 0.3) is 0 Å². The lowest BCUT2D eigenvalue weighted by Gasteiger charge is -2.04. The Morgan fingerprint density at radius 2 is 1.07 bits per heavy atom. The van der Waals surface area contributed by atoms with E-state index in [2.05, 4.69) is 0 Å². The van der Waals surface area contributed by atoms with E-state index in [4.69, 9.17) is 10.7 Å². The summed E-state index contributed by atoms with van der Waals surface area (Å²) in [6.07, 6.45) is 0. The van der Waals surface area contributed by atoms with E-state index in [1.54, 1.807) is 0 Å². The van der Waals surface area contributed by atoms with Crippen molar-refractivity contribution in [2.75, 3.05) is 0 Å². The average molecular weight is 267 g/mol. The molecule has 0 amide bonds. The van der Waals surface area contributed by atoms with Gasteiger partial charge in [0.05, 0.1) is 4.90 Å². The maximum atomic E-state index is 12.8. The zero-order valence-corrected chi connectivity index (χ0v) is 8.47. The van der Waals surface area contributed by atoms with Crippen LogP contribution in [-0.4, -0.2) is 0 Å². The van der Waals surface area contributed by atoms with Gasteiger partial charge >= 0.3 is 0 Å². The first-order valence-electron chi connectivity index (χ1n) is 2.97. The second kappa shape index (κ2) is 4.59. The molecule has 0 N–H and O–H groups in total. The van der Waals surface area contributed by atoms with Gasteiger partial charge < -0.3 is 0 Å². The molecule has 0 spiro atoms. The van der Waals surface area contributed by atoms with E-state index in [0.29, 0.717) is 10.0 Å². The highest BCUT2D eigenvalue weighted by molar-refractivity contribution is 8.85. The highest BCUT2D eigenvalue weighted by Gasteiger charge is 2.25. The van der Waals surface area contributed by atoms with Crippen molar-refractivity contribution in [1.82, 2.24) is 0 Å². The normalized spacial score (nSPS) is 10.7. The zero-order chi connectivity index (χ0) is 10.9. The first kappa shape index (κ1) is 11.9. The predicted molar refractivity (Wildman–Crippen MR) is 45.5 cm³/mol. The van der Waals surface area contributed by atoms with Gasteiger partial charge in [-0.1, -0.05) is 0 Å². The third kappa shape index (κ3) is 1.94. The highest BCUT2D eigenvalue weighted by Crippen LogP contribution is 2.39. The van der Waals surface area contributed by atoms with Crippen molar-refractivity contribution in [3.8, 4) is 0 Å². The number of hydrogen-bond donors (Lipinski definition) is 0. The average Bonchev–Trinajstić information content (AvgIpc) is 2.19. The van der Waals surface area contributed by atoms with Gasteiger partial charge in [-0.25, -0.2) is 22.0 Å². The lowest BCUT2D eigenvalue weighted by Crippen LogP contribution is -2.02. The summed E-state index contributed by atoms with van der Waals surface area (Å²) in [5.41, 5.74) is 0. The van der Waals surface area contributed by atoms with E-state index < -0.39 is 34.0 Å². The predicted octanol–water partition coefficient (Wildman–Crippen LogP) is 4.28. The second-order valence-electron chi connectivity index (χ2n) is 2.05. The zero-order valence-electron chi connectivity index (χ0n) is 6.08. The third-order valence-corrected chi connectivity index (χ3v) is 3.13. The maximum absolute atomic E-state index is 12.8. The van der Waals surface area contributed by atoms with Crippen molar-refractivity contribution in [3.05, 3.63) is 29.1 Å². The lowest BCUT2D eigenvalue weighted by molar-refractivity contribution is 0.361. The van der Waals surface area contributed by atoms with Gasteiger partial charge in [-0.05, 0) is 21.5 Å². The van der Waals surface area contributed by atoms with E-state index in [1.165, 1.54) is 0 Å². The Bertz CT molecular complexity index is 341. The smallest absolute Gasteiger partial charge is 0.200 e. The summed E-state index contributed by atoms with van der Waals surface area (Å²) < 4.78 is 63.0. The molecule has 1 rings (SSSR count). The molecule has 0 unspecified atom stereocenters. The second-order valence-corrected chi connectivity index (χ2v) is 4.76. The van der Waals surface area contributed by atoms with Gasteiger partial charge in [0.1, 0.15) is 0 Å². The number of hydrogen-bond acceptors (Lipinski definition) is 2. The van der Waals surface area contributed by atoms with E-state index >= 15 is 0 Å². The maximum Gasteiger partial charge on any atom is 0.200 e. The largest absolute Gasteiger partial charge is 0.202 e. The van der Waals surface area contributed by atoms with Gasteiger partial charge in [-0.3, -0.25) is 0 Å². The molecule has 0 bridgehead atoms. The Morgan fingerprint density at radius 1 is 0.714 bits per heavy atom. The van der Waals surface area contributed by atoms with E-state index in [0.717, 1.165) is 0 Å². The quantitative estimate of drug-likeness (QED) is 0.339. The standard InChI is InChI=1S/C6ClF5S2/c7-14-13-6-4(11)2(9)1(8)3(10)5(6)12. The van der Waals surface area contributed by atoms with Crippen LogP contribution in [0, 0.1) is 29.1 Å². The third-order valence-electron chi connectivity index (χ3n) is 1.28. The van der Waals surface area contributed by atoms with Crippen molar-refractivity contribution in [3.63, 3.8) is 0 Å². The topological polar surface area (TPSA) is 0 Å². The molecular formula is C6ClF5S2. The fourth-order valence-corrected chi connectivity index (χ4v) is 2.27. The van der Waals surface area contributed by atoms with Crippen molar-refractivity contribution in [2.45, 2.75) is 4.90 Å². The van der Waals surface area contributed by atoms with Gasteiger partial charge in [-0.2, -0.15) is 0 Å². The van der Waals surface area contributed by atoms with Gasteiger partial charge in [0.25, 0.3) is 0 Å². The van der Waals surface area contributed by atoms with Crippen molar-refractivity contribution >= 4 is 31.5 Å². The molecule has 0 saturated heterocycles. The molecule has 0 aromatic heterocycles. The molecule has 0 fully saturated rings. The summed E-state index contributed by atoms with van der Waals surface area (Å²) in [5.74, 6) is -9.88. The molecule has 0 aliphatic carbocycles.